The molecule has 0 unspecified atom stereocenters. The Hall–Kier alpha value is -3.78. The second-order valence-electron chi connectivity index (χ2n) is 6.61. The predicted octanol–water partition coefficient (Wildman–Crippen LogP) is 4.64. The first-order chi connectivity index (χ1) is 15.1. The maximum absolute atomic E-state index is 12.5. The van der Waals surface area contributed by atoms with Crippen LogP contribution < -0.4 is 20.9 Å². The molecule has 31 heavy (non-hydrogen) atoms. The maximum Gasteiger partial charge on any atom is 0.323 e. The Labute approximate surface area is 183 Å². The van der Waals surface area contributed by atoms with E-state index in [9.17, 15) is 9.59 Å². The van der Waals surface area contributed by atoms with E-state index < -0.39 is 0 Å². The molecule has 0 saturated heterocycles. The van der Waals surface area contributed by atoms with Gasteiger partial charge in [-0.1, -0.05) is 24.3 Å². The summed E-state index contributed by atoms with van der Waals surface area (Å²) in [6, 6.07) is 21.1. The highest BCUT2D eigenvalue weighted by atomic mass is 32.2. The number of aromatic nitrogens is 2. The highest BCUT2D eigenvalue weighted by Gasteiger charge is 2.10. The van der Waals surface area contributed by atoms with E-state index in [1.807, 2.05) is 42.7 Å². The third-order valence-corrected chi connectivity index (χ3v) is 5.19. The van der Waals surface area contributed by atoms with Crippen LogP contribution in [0.3, 0.4) is 0 Å². The number of para-hydroxylation sites is 2. The van der Waals surface area contributed by atoms with Gasteiger partial charge in [-0.15, -0.1) is 11.8 Å². The van der Waals surface area contributed by atoms with Crippen LogP contribution in [0, 0.1) is 0 Å². The predicted molar refractivity (Wildman–Crippen MR) is 123 cm³/mol. The van der Waals surface area contributed by atoms with Gasteiger partial charge in [-0.25, -0.2) is 9.78 Å². The first-order valence-electron chi connectivity index (χ1n) is 9.53. The van der Waals surface area contributed by atoms with Crippen LogP contribution in [0.5, 0.6) is 5.75 Å². The van der Waals surface area contributed by atoms with Crippen molar-refractivity contribution in [3.05, 3.63) is 95.0 Å². The van der Waals surface area contributed by atoms with Crippen LogP contribution in [0.25, 0.3) is 5.65 Å². The normalized spacial score (nSPS) is 10.6. The molecule has 0 spiro atoms. The first kappa shape index (κ1) is 20.5. The van der Waals surface area contributed by atoms with Crippen molar-refractivity contribution in [3.63, 3.8) is 0 Å². The summed E-state index contributed by atoms with van der Waals surface area (Å²) in [6.07, 6.45) is 3.65. The molecule has 0 fully saturated rings. The third-order valence-electron chi connectivity index (χ3n) is 4.46. The summed E-state index contributed by atoms with van der Waals surface area (Å²) in [6.45, 7) is 0.0940. The van der Waals surface area contributed by atoms with Gasteiger partial charge in [0.05, 0.1) is 11.4 Å². The number of carbonyl (C=O) groups excluding carboxylic acids is 1. The van der Waals surface area contributed by atoms with Gasteiger partial charge < -0.3 is 15.4 Å². The van der Waals surface area contributed by atoms with Gasteiger partial charge >= 0.3 is 6.03 Å². The molecule has 2 N–H and O–H groups in total. The van der Waals surface area contributed by atoms with E-state index in [0.29, 0.717) is 28.5 Å². The lowest BCUT2D eigenvalue weighted by molar-refractivity contribution is 0.261. The van der Waals surface area contributed by atoms with Gasteiger partial charge in [0, 0.05) is 22.8 Å². The number of nitrogens with zero attached hydrogens (tertiary/aromatic N) is 2. The number of benzene rings is 2. The van der Waals surface area contributed by atoms with Gasteiger partial charge in [0.15, 0.2) is 0 Å². The third kappa shape index (κ3) is 5.04. The van der Waals surface area contributed by atoms with Crippen molar-refractivity contribution in [2.75, 3.05) is 16.9 Å². The quantitative estimate of drug-likeness (QED) is 0.434. The number of urea groups is 1. The number of thioether (sulfide) groups is 1. The lowest BCUT2D eigenvalue weighted by Gasteiger charge is -2.13. The fourth-order valence-corrected chi connectivity index (χ4v) is 3.47. The van der Waals surface area contributed by atoms with Crippen molar-refractivity contribution >= 4 is 34.8 Å². The number of amides is 2. The molecule has 0 aliphatic carbocycles. The number of fused-ring (bicyclic) bond motifs is 1. The Kier molecular flexibility index (Phi) is 6.18. The Balaban J connectivity index is 1.46. The average molecular weight is 433 g/mol. The molecule has 156 valence electrons. The lowest BCUT2D eigenvalue weighted by Crippen LogP contribution is -2.20. The van der Waals surface area contributed by atoms with Crippen LogP contribution in [-0.2, 0) is 6.61 Å². The monoisotopic (exact) mass is 432 g/mol. The number of anilines is 2. The number of pyridine rings is 1. The molecule has 0 bridgehead atoms. The zero-order valence-corrected chi connectivity index (χ0v) is 17.6. The van der Waals surface area contributed by atoms with E-state index in [1.54, 1.807) is 48.3 Å². The van der Waals surface area contributed by atoms with Gasteiger partial charge in [0.25, 0.3) is 5.56 Å². The highest BCUT2D eigenvalue weighted by Crippen LogP contribution is 2.25. The van der Waals surface area contributed by atoms with Gasteiger partial charge in [-0.05, 0) is 48.7 Å². The van der Waals surface area contributed by atoms with E-state index in [0.717, 1.165) is 4.90 Å². The molecule has 2 amide bonds. The van der Waals surface area contributed by atoms with Crippen molar-refractivity contribution in [2.24, 2.45) is 0 Å². The van der Waals surface area contributed by atoms with Crippen molar-refractivity contribution in [3.8, 4) is 5.75 Å². The molecule has 0 aliphatic rings. The smallest absolute Gasteiger partial charge is 0.323 e. The molecule has 0 atom stereocenters. The summed E-state index contributed by atoms with van der Waals surface area (Å²) >= 11 is 1.60. The zero-order chi connectivity index (χ0) is 21.6. The molecule has 0 saturated carbocycles. The molecule has 2 aromatic heterocycles. The number of carbonyl (C=O) groups is 1. The van der Waals surface area contributed by atoms with E-state index in [1.165, 1.54) is 10.5 Å². The molecule has 0 radical (unpaired) electrons. The second-order valence-corrected chi connectivity index (χ2v) is 7.49. The zero-order valence-electron chi connectivity index (χ0n) is 16.7. The minimum absolute atomic E-state index is 0.0940. The van der Waals surface area contributed by atoms with Crippen molar-refractivity contribution in [1.82, 2.24) is 9.38 Å². The number of ether oxygens (including phenoxy) is 1. The fourth-order valence-electron chi connectivity index (χ4n) is 3.01. The average Bonchev–Trinajstić information content (AvgIpc) is 2.78. The molecule has 7 nitrogen and oxygen atoms in total. The molecule has 8 heteroatoms. The van der Waals surface area contributed by atoms with E-state index in [2.05, 4.69) is 15.6 Å². The Morgan fingerprint density at radius 1 is 1.03 bits per heavy atom. The SMILES string of the molecule is CSc1cccc(NC(=O)Nc2ccccc2OCc2cc(=O)n3ccccc3n2)c1. The summed E-state index contributed by atoms with van der Waals surface area (Å²) in [7, 11) is 0. The maximum atomic E-state index is 12.5. The molecule has 0 aliphatic heterocycles. The van der Waals surface area contributed by atoms with Crippen LogP contribution in [-0.4, -0.2) is 21.7 Å². The topological polar surface area (TPSA) is 84.7 Å². The summed E-state index contributed by atoms with van der Waals surface area (Å²) in [5, 5.41) is 5.62. The molecule has 2 aromatic carbocycles. The fraction of sp³-hybridized carbons (Fsp3) is 0.0870. The molecular formula is C23H20N4O3S. The van der Waals surface area contributed by atoms with Crippen LogP contribution in [0.2, 0.25) is 0 Å². The summed E-state index contributed by atoms with van der Waals surface area (Å²) in [5.41, 5.74) is 2.08. The summed E-state index contributed by atoms with van der Waals surface area (Å²) in [5.74, 6) is 0.477. The van der Waals surface area contributed by atoms with Gasteiger partial charge in [-0.3, -0.25) is 9.20 Å². The van der Waals surface area contributed by atoms with Gasteiger partial charge in [-0.2, -0.15) is 0 Å². The minimum Gasteiger partial charge on any atom is -0.485 e. The lowest BCUT2D eigenvalue weighted by atomic mass is 10.3. The Morgan fingerprint density at radius 2 is 1.87 bits per heavy atom. The van der Waals surface area contributed by atoms with Crippen LogP contribution in [0.4, 0.5) is 16.2 Å². The van der Waals surface area contributed by atoms with Crippen LogP contribution in [0.1, 0.15) is 5.69 Å². The number of hydrogen-bond acceptors (Lipinski definition) is 5. The Morgan fingerprint density at radius 3 is 2.74 bits per heavy atom. The number of rotatable bonds is 6. The Bertz CT molecular complexity index is 1290. The van der Waals surface area contributed by atoms with Crippen LogP contribution in [0.15, 0.2) is 88.7 Å². The highest BCUT2D eigenvalue weighted by molar-refractivity contribution is 7.98. The van der Waals surface area contributed by atoms with E-state index >= 15 is 0 Å². The molecule has 4 rings (SSSR count). The molecule has 4 aromatic rings. The number of nitrogens with one attached hydrogen (secondary N) is 2. The second kappa shape index (κ2) is 9.36. The van der Waals surface area contributed by atoms with Crippen molar-refractivity contribution in [1.29, 1.82) is 0 Å². The van der Waals surface area contributed by atoms with Crippen LogP contribution >= 0.6 is 11.8 Å². The van der Waals surface area contributed by atoms with Crippen molar-refractivity contribution in [2.45, 2.75) is 11.5 Å². The van der Waals surface area contributed by atoms with E-state index in [-0.39, 0.29) is 18.2 Å². The summed E-state index contributed by atoms with van der Waals surface area (Å²) in [4.78, 5) is 30.2. The molecular weight excluding hydrogens is 412 g/mol. The van der Waals surface area contributed by atoms with E-state index in [4.69, 9.17) is 4.74 Å². The number of hydrogen-bond donors (Lipinski definition) is 2. The molecule has 2 heterocycles. The van der Waals surface area contributed by atoms with Gasteiger partial charge in [0.2, 0.25) is 0 Å². The largest absolute Gasteiger partial charge is 0.485 e. The first-order valence-corrected chi connectivity index (χ1v) is 10.8. The van der Waals surface area contributed by atoms with Gasteiger partial charge in [0.1, 0.15) is 18.0 Å². The summed E-state index contributed by atoms with van der Waals surface area (Å²) < 4.78 is 7.33. The minimum atomic E-state index is -0.378. The van der Waals surface area contributed by atoms with Crippen molar-refractivity contribution < 1.29 is 9.53 Å². The standard InChI is InChI=1S/C23H20N4O3S/c1-31-18-8-6-7-16(13-18)25-23(29)26-19-9-2-3-10-20(19)30-15-17-14-22(28)27-12-5-4-11-21(27)24-17/h2-14H,15H2,1H3,(H2,25,26,29).